The van der Waals surface area contributed by atoms with Crippen LogP contribution in [0.1, 0.15) is 168 Å². The molecule has 0 aliphatic heterocycles. The summed E-state index contributed by atoms with van der Waals surface area (Å²) >= 11 is 0. The second kappa shape index (κ2) is 43.3. The molecular weight excluding hydrogens is 748 g/mol. The van der Waals surface area contributed by atoms with Crippen LogP contribution in [0, 0.1) is 0 Å². The number of ether oxygens (including phenoxy) is 2. The van der Waals surface area contributed by atoms with Crippen LogP contribution in [0.3, 0.4) is 0 Å². The zero-order valence-electron chi connectivity index (χ0n) is 36.1. The van der Waals surface area contributed by atoms with E-state index >= 15 is 0 Å². The average Bonchev–Trinajstić information content (AvgIpc) is 3.20. The van der Waals surface area contributed by atoms with Crippen molar-refractivity contribution in [3.8, 4) is 0 Å². The molecule has 0 unspecified atom stereocenters. The Kier molecular flexibility index (Phi) is 40.8. The Hall–Kier alpha value is -3.29. The topological polar surface area (TPSA) is 119 Å². The molecule has 8 nitrogen and oxygen atoms in total. The van der Waals surface area contributed by atoms with Gasteiger partial charge in [-0.05, 0) is 89.9 Å². The number of allylic oxidation sites excluding steroid dienone is 18. The van der Waals surface area contributed by atoms with Gasteiger partial charge in [-0.15, -0.1) is 0 Å². The fraction of sp³-hybridized carbons (Fsp3) is 0.592. The Morgan fingerprint density at radius 1 is 0.448 bits per heavy atom. The molecule has 0 aromatic carbocycles. The minimum atomic E-state index is -4.80. The van der Waals surface area contributed by atoms with Gasteiger partial charge in [-0.2, -0.15) is 0 Å². The summed E-state index contributed by atoms with van der Waals surface area (Å²) in [6, 6.07) is 0. The second-order valence-corrected chi connectivity index (χ2v) is 15.5. The van der Waals surface area contributed by atoms with Gasteiger partial charge in [0.2, 0.25) is 0 Å². The summed E-state index contributed by atoms with van der Waals surface area (Å²) < 4.78 is 26.3. The molecule has 1 atom stereocenters. The Labute approximate surface area is 353 Å². The highest BCUT2D eigenvalue weighted by Gasteiger charge is 2.22. The number of hydrogen-bond acceptors (Lipinski definition) is 6. The summed E-state index contributed by atoms with van der Waals surface area (Å²) in [6.45, 7) is 3.54. The van der Waals surface area contributed by atoms with Crippen LogP contribution < -0.4 is 0 Å². The van der Waals surface area contributed by atoms with E-state index in [1.807, 2.05) is 18.2 Å². The molecule has 328 valence electrons. The normalized spacial score (nSPS) is 13.5. The third-order valence-electron chi connectivity index (χ3n) is 8.78. The highest BCUT2D eigenvalue weighted by atomic mass is 31.2. The monoisotopic (exact) mass is 827 g/mol. The standard InChI is InChI=1S/C49H79O8P/c1-3-5-7-9-11-13-15-17-19-21-23-24-26-28-30-32-34-36-38-40-42-44-49(51)57-47(46-56-58(52,53)54)45-55-48(50)43-41-39-37-35-33-31-29-27-25-22-20-18-16-14-12-10-8-6-4-2/h12,14,18-21,24-27,30-33,36-39,47H,3-11,13,15-17,22-23,28-29,34-35,40-46H2,1-2H3,(H2,52,53,54)/b14-12+,20-18+,21-19+,26-24+,27-25+,32-30+,33-31+,38-36+,39-37+/t47-/m1/s1. The molecular formula is C49H79O8P. The highest BCUT2D eigenvalue weighted by molar-refractivity contribution is 7.46. The van der Waals surface area contributed by atoms with Crippen LogP contribution in [0.5, 0.6) is 0 Å². The maximum absolute atomic E-state index is 12.4. The number of rotatable bonds is 39. The van der Waals surface area contributed by atoms with Crippen molar-refractivity contribution in [3.05, 3.63) is 109 Å². The lowest BCUT2D eigenvalue weighted by Crippen LogP contribution is -2.29. The number of phosphoric acid groups is 1. The summed E-state index contributed by atoms with van der Waals surface area (Å²) in [5, 5.41) is 0. The lowest BCUT2D eigenvalue weighted by molar-refractivity contribution is -0.161. The van der Waals surface area contributed by atoms with E-state index in [-0.39, 0.29) is 19.4 Å². The van der Waals surface area contributed by atoms with Crippen molar-refractivity contribution in [1.82, 2.24) is 0 Å². The maximum Gasteiger partial charge on any atom is 0.469 e. The minimum Gasteiger partial charge on any atom is -0.462 e. The number of esters is 2. The van der Waals surface area contributed by atoms with E-state index in [1.165, 1.54) is 77.0 Å². The predicted molar refractivity (Wildman–Crippen MR) is 243 cm³/mol. The van der Waals surface area contributed by atoms with Gasteiger partial charge in [-0.25, -0.2) is 4.57 Å². The van der Waals surface area contributed by atoms with E-state index < -0.39 is 32.5 Å². The predicted octanol–water partition coefficient (Wildman–Crippen LogP) is 14.0. The second-order valence-electron chi connectivity index (χ2n) is 14.3. The summed E-state index contributed by atoms with van der Waals surface area (Å²) in [7, 11) is -4.80. The van der Waals surface area contributed by atoms with Crippen molar-refractivity contribution >= 4 is 19.8 Å². The molecule has 0 aliphatic carbocycles. The molecule has 0 fully saturated rings. The molecule has 0 aromatic rings. The summed E-state index contributed by atoms with van der Waals surface area (Å²) in [4.78, 5) is 42.8. The molecule has 0 heterocycles. The van der Waals surface area contributed by atoms with Crippen molar-refractivity contribution in [2.75, 3.05) is 13.2 Å². The number of phosphoric ester groups is 1. The smallest absolute Gasteiger partial charge is 0.462 e. The molecule has 0 saturated heterocycles. The van der Waals surface area contributed by atoms with Crippen LogP contribution in [-0.2, 0) is 28.2 Å². The molecule has 0 aliphatic rings. The SMILES string of the molecule is CCCCC/C=C/C/C=C/C/C=C/C/C=C/C/C=C/CCC(=O)OC[C@H](COP(=O)(O)O)OC(=O)CCC/C=C/C/C=C/C/C=C/C/C=C/CCCCCCCCC. The van der Waals surface area contributed by atoms with Crippen molar-refractivity contribution < 1.29 is 37.9 Å². The van der Waals surface area contributed by atoms with Gasteiger partial charge in [0.1, 0.15) is 6.61 Å². The van der Waals surface area contributed by atoms with Crippen LogP contribution in [0.4, 0.5) is 0 Å². The Morgan fingerprint density at radius 2 is 0.810 bits per heavy atom. The molecule has 0 saturated carbocycles. The first kappa shape index (κ1) is 54.7. The molecule has 2 N–H and O–H groups in total. The Bertz CT molecular complexity index is 1300. The van der Waals surface area contributed by atoms with Crippen LogP contribution in [0.25, 0.3) is 0 Å². The summed E-state index contributed by atoms with van der Waals surface area (Å²) in [5.41, 5.74) is 0. The number of hydrogen-bond donors (Lipinski definition) is 2. The van der Waals surface area contributed by atoms with Gasteiger partial charge in [0.25, 0.3) is 0 Å². The van der Waals surface area contributed by atoms with Crippen molar-refractivity contribution in [3.63, 3.8) is 0 Å². The average molecular weight is 827 g/mol. The number of carbonyl (C=O) groups is 2. The van der Waals surface area contributed by atoms with Gasteiger partial charge in [-0.3, -0.25) is 14.1 Å². The molecule has 9 heteroatoms. The minimum absolute atomic E-state index is 0.114. The maximum atomic E-state index is 12.4. The van der Waals surface area contributed by atoms with Crippen molar-refractivity contribution in [2.24, 2.45) is 0 Å². The molecule has 58 heavy (non-hydrogen) atoms. The summed E-state index contributed by atoms with van der Waals surface area (Å²) in [6.07, 6.45) is 61.2. The van der Waals surface area contributed by atoms with Gasteiger partial charge in [0, 0.05) is 12.8 Å². The van der Waals surface area contributed by atoms with Gasteiger partial charge in [-0.1, -0.05) is 175 Å². The Balaban J connectivity index is 4.15. The molecule has 0 spiro atoms. The van der Waals surface area contributed by atoms with E-state index in [2.05, 4.69) is 110 Å². The van der Waals surface area contributed by atoms with E-state index in [4.69, 9.17) is 19.3 Å². The number of carbonyl (C=O) groups excluding carboxylic acids is 2. The van der Waals surface area contributed by atoms with Gasteiger partial charge in [0.05, 0.1) is 6.61 Å². The first-order chi connectivity index (χ1) is 28.3. The fourth-order valence-corrected chi connectivity index (χ4v) is 5.83. The first-order valence-corrected chi connectivity index (χ1v) is 23.7. The van der Waals surface area contributed by atoms with Crippen LogP contribution in [0.2, 0.25) is 0 Å². The zero-order valence-corrected chi connectivity index (χ0v) is 37.0. The third kappa shape index (κ3) is 45.4. The zero-order chi connectivity index (χ0) is 42.5. The third-order valence-corrected chi connectivity index (χ3v) is 9.26. The lowest BCUT2D eigenvalue weighted by Gasteiger charge is -2.18. The van der Waals surface area contributed by atoms with Gasteiger partial charge < -0.3 is 19.3 Å². The van der Waals surface area contributed by atoms with Crippen LogP contribution >= 0.6 is 7.82 Å². The van der Waals surface area contributed by atoms with Crippen molar-refractivity contribution in [2.45, 2.75) is 174 Å². The lowest BCUT2D eigenvalue weighted by atomic mass is 10.1. The largest absolute Gasteiger partial charge is 0.469 e. The first-order valence-electron chi connectivity index (χ1n) is 22.2. The molecule has 0 amide bonds. The highest BCUT2D eigenvalue weighted by Crippen LogP contribution is 2.36. The number of unbranched alkanes of at least 4 members (excludes halogenated alkanes) is 11. The molecule has 0 rings (SSSR count). The Morgan fingerprint density at radius 3 is 1.26 bits per heavy atom. The molecule has 0 radical (unpaired) electrons. The van der Waals surface area contributed by atoms with Crippen LogP contribution in [-0.4, -0.2) is 41.0 Å². The van der Waals surface area contributed by atoms with Crippen LogP contribution in [0.15, 0.2) is 109 Å². The fourth-order valence-electron chi connectivity index (χ4n) is 5.46. The molecule has 0 bridgehead atoms. The van der Waals surface area contributed by atoms with E-state index in [1.54, 1.807) is 0 Å². The van der Waals surface area contributed by atoms with Gasteiger partial charge in [0.15, 0.2) is 6.10 Å². The summed E-state index contributed by atoms with van der Waals surface area (Å²) in [5.74, 6) is -1.06. The quantitative estimate of drug-likeness (QED) is 0.0272. The van der Waals surface area contributed by atoms with E-state index in [0.29, 0.717) is 19.3 Å². The van der Waals surface area contributed by atoms with E-state index in [9.17, 15) is 14.2 Å². The van der Waals surface area contributed by atoms with Crippen molar-refractivity contribution in [1.29, 1.82) is 0 Å². The van der Waals surface area contributed by atoms with E-state index in [0.717, 1.165) is 44.9 Å². The van der Waals surface area contributed by atoms with Gasteiger partial charge >= 0.3 is 19.8 Å². The molecule has 0 aromatic heterocycles.